The molecule has 2 aliphatic heterocycles. The molecule has 0 radical (unpaired) electrons. The Morgan fingerprint density at radius 2 is 2.28 bits per heavy atom. The number of aromatic nitrogens is 4. The number of piperidine rings is 1. The smallest absolute Gasteiger partial charge is 0.220 e. The molecule has 0 bridgehead atoms. The molecule has 2 aliphatic rings. The molecule has 0 unspecified atom stereocenters. The number of pyridine rings is 1. The van der Waals surface area contributed by atoms with Crippen LogP contribution in [0.4, 0.5) is 0 Å². The number of nitrogens with zero attached hydrogens (tertiary/aromatic N) is 6. The highest BCUT2D eigenvalue weighted by atomic mass is 16.2. The molecule has 0 saturated carbocycles. The number of carbonyl (C=O) groups excluding carboxylic acids is 1. The van der Waals surface area contributed by atoms with Gasteiger partial charge >= 0.3 is 0 Å². The Morgan fingerprint density at radius 3 is 3.00 bits per heavy atom. The maximum absolute atomic E-state index is 12.3. The molecule has 7 nitrogen and oxygen atoms in total. The molecule has 3 atom stereocenters. The number of likely N-dealkylation sites (tertiary alicyclic amines) is 2. The summed E-state index contributed by atoms with van der Waals surface area (Å²) in [5.41, 5.74) is 1.25. The predicted molar refractivity (Wildman–Crippen MR) is 92.4 cm³/mol. The molecule has 1 amide bonds. The van der Waals surface area contributed by atoms with Gasteiger partial charge in [-0.25, -0.2) is 4.98 Å². The van der Waals surface area contributed by atoms with Gasteiger partial charge in [0.2, 0.25) is 5.91 Å². The zero-order valence-corrected chi connectivity index (χ0v) is 14.5. The van der Waals surface area contributed by atoms with Gasteiger partial charge in [0.1, 0.15) is 12.7 Å². The first kappa shape index (κ1) is 16.2. The minimum atomic E-state index is 0.179. The van der Waals surface area contributed by atoms with Gasteiger partial charge in [-0.1, -0.05) is 6.07 Å². The van der Waals surface area contributed by atoms with Crippen molar-refractivity contribution in [1.82, 2.24) is 29.5 Å². The van der Waals surface area contributed by atoms with Crippen LogP contribution in [0, 0.1) is 5.92 Å². The number of hydrogen-bond donors (Lipinski definition) is 0. The van der Waals surface area contributed by atoms with E-state index in [0.29, 0.717) is 12.0 Å². The standard InChI is InChI=1S/C18H24N6O/c1-14(25)24-17(11-23-13-20-12-21-23)7-16-10-22(6-4-18(16)24)9-15-3-2-5-19-8-15/h2-3,5,8,12-13,16-18H,4,6-7,9-11H2,1H3/t16-,17+,18+/m1/s1. The van der Waals surface area contributed by atoms with Crippen LogP contribution in [0.1, 0.15) is 25.3 Å². The fourth-order valence-electron chi connectivity index (χ4n) is 4.52. The van der Waals surface area contributed by atoms with Gasteiger partial charge in [0.05, 0.1) is 12.6 Å². The van der Waals surface area contributed by atoms with Gasteiger partial charge in [0.15, 0.2) is 0 Å². The van der Waals surface area contributed by atoms with Crippen molar-refractivity contribution in [3.8, 4) is 0 Å². The second-order valence-electron chi connectivity index (χ2n) is 7.15. The second-order valence-corrected chi connectivity index (χ2v) is 7.15. The van der Waals surface area contributed by atoms with E-state index in [1.807, 2.05) is 23.1 Å². The average molecular weight is 340 g/mol. The van der Waals surface area contributed by atoms with Crippen LogP contribution in [-0.4, -0.2) is 60.6 Å². The third kappa shape index (κ3) is 3.42. The molecule has 2 saturated heterocycles. The van der Waals surface area contributed by atoms with Crippen molar-refractivity contribution in [3.63, 3.8) is 0 Å². The zero-order chi connectivity index (χ0) is 17.2. The summed E-state index contributed by atoms with van der Waals surface area (Å²) in [7, 11) is 0. The molecule has 0 spiro atoms. The summed E-state index contributed by atoms with van der Waals surface area (Å²) in [6.45, 7) is 5.42. The summed E-state index contributed by atoms with van der Waals surface area (Å²) in [5.74, 6) is 0.709. The Kier molecular flexibility index (Phi) is 4.48. The van der Waals surface area contributed by atoms with E-state index in [9.17, 15) is 4.79 Å². The lowest BCUT2D eigenvalue weighted by molar-refractivity contribution is -0.133. The van der Waals surface area contributed by atoms with Crippen molar-refractivity contribution in [2.45, 2.75) is 44.9 Å². The van der Waals surface area contributed by atoms with Crippen LogP contribution in [0.15, 0.2) is 37.2 Å². The van der Waals surface area contributed by atoms with Crippen LogP contribution in [-0.2, 0) is 17.9 Å². The number of rotatable bonds is 4. The summed E-state index contributed by atoms with van der Waals surface area (Å²) in [6.07, 6.45) is 9.11. The molecule has 0 aliphatic carbocycles. The van der Waals surface area contributed by atoms with Crippen LogP contribution in [0.5, 0.6) is 0 Å². The predicted octanol–water partition coefficient (Wildman–Crippen LogP) is 1.18. The molecule has 2 aromatic rings. The largest absolute Gasteiger partial charge is 0.335 e. The monoisotopic (exact) mass is 340 g/mol. The Morgan fingerprint density at radius 1 is 1.36 bits per heavy atom. The molecule has 25 heavy (non-hydrogen) atoms. The van der Waals surface area contributed by atoms with Crippen molar-refractivity contribution in [2.75, 3.05) is 13.1 Å². The van der Waals surface area contributed by atoms with E-state index in [0.717, 1.165) is 39.0 Å². The van der Waals surface area contributed by atoms with Gasteiger partial charge < -0.3 is 4.90 Å². The van der Waals surface area contributed by atoms with Gasteiger partial charge in [0, 0.05) is 45.0 Å². The summed E-state index contributed by atoms with van der Waals surface area (Å²) < 4.78 is 1.84. The first-order valence-corrected chi connectivity index (χ1v) is 8.93. The molecule has 2 fully saturated rings. The minimum Gasteiger partial charge on any atom is -0.335 e. The maximum atomic E-state index is 12.3. The SMILES string of the molecule is CC(=O)N1[C@H](Cn2cncn2)C[C@@H]2CN(Cc3cccnc3)CC[C@@H]21. The molecule has 4 rings (SSSR count). The van der Waals surface area contributed by atoms with Crippen molar-refractivity contribution >= 4 is 5.91 Å². The van der Waals surface area contributed by atoms with E-state index in [2.05, 4.69) is 30.9 Å². The first-order chi connectivity index (χ1) is 12.2. The van der Waals surface area contributed by atoms with E-state index in [4.69, 9.17) is 0 Å². The fourth-order valence-corrected chi connectivity index (χ4v) is 4.52. The summed E-state index contributed by atoms with van der Waals surface area (Å²) in [4.78, 5) is 25.1. The van der Waals surface area contributed by atoms with E-state index in [1.54, 1.807) is 19.6 Å². The van der Waals surface area contributed by atoms with Gasteiger partial charge in [-0.2, -0.15) is 5.10 Å². The zero-order valence-electron chi connectivity index (χ0n) is 14.5. The van der Waals surface area contributed by atoms with Crippen molar-refractivity contribution in [2.24, 2.45) is 5.92 Å². The average Bonchev–Trinajstić information content (AvgIpc) is 3.23. The van der Waals surface area contributed by atoms with Crippen LogP contribution in [0.2, 0.25) is 0 Å². The summed E-state index contributed by atoms with van der Waals surface area (Å²) >= 11 is 0. The molecule has 7 heteroatoms. The normalized spacial score (nSPS) is 26.6. The lowest BCUT2D eigenvalue weighted by Gasteiger charge is -2.38. The highest BCUT2D eigenvalue weighted by Crippen LogP contribution is 2.36. The van der Waals surface area contributed by atoms with E-state index < -0.39 is 0 Å². The van der Waals surface area contributed by atoms with Gasteiger partial charge in [-0.15, -0.1) is 0 Å². The van der Waals surface area contributed by atoms with Crippen LogP contribution in [0.25, 0.3) is 0 Å². The Balaban J connectivity index is 1.44. The molecule has 4 heterocycles. The summed E-state index contributed by atoms with van der Waals surface area (Å²) in [5, 5.41) is 4.21. The lowest BCUT2D eigenvalue weighted by atomic mass is 9.92. The van der Waals surface area contributed by atoms with Gasteiger partial charge in [-0.05, 0) is 30.4 Å². The van der Waals surface area contributed by atoms with E-state index in [-0.39, 0.29) is 11.9 Å². The lowest BCUT2D eigenvalue weighted by Crippen LogP contribution is -2.48. The van der Waals surface area contributed by atoms with Crippen LogP contribution >= 0.6 is 0 Å². The molecular formula is C18H24N6O. The number of amides is 1. The Hall–Kier alpha value is -2.28. The van der Waals surface area contributed by atoms with Crippen LogP contribution in [0.3, 0.4) is 0 Å². The molecule has 0 aromatic carbocycles. The van der Waals surface area contributed by atoms with Gasteiger partial charge in [0.25, 0.3) is 0 Å². The first-order valence-electron chi connectivity index (χ1n) is 8.93. The number of hydrogen-bond acceptors (Lipinski definition) is 5. The van der Waals surface area contributed by atoms with Crippen LogP contribution < -0.4 is 0 Å². The minimum absolute atomic E-state index is 0.179. The second kappa shape index (κ2) is 6.92. The summed E-state index contributed by atoms with van der Waals surface area (Å²) in [6, 6.07) is 4.69. The van der Waals surface area contributed by atoms with Crippen molar-refractivity contribution in [3.05, 3.63) is 42.7 Å². The Labute approximate surface area is 147 Å². The third-order valence-corrected chi connectivity index (χ3v) is 5.46. The van der Waals surface area contributed by atoms with Crippen molar-refractivity contribution in [1.29, 1.82) is 0 Å². The van der Waals surface area contributed by atoms with Gasteiger partial charge in [-0.3, -0.25) is 19.4 Å². The number of fused-ring (bicyclic) bond motifs is 1. The third-order valence-electron chi connectivity index (χ3n) is 5.46. The molecule has 0 N–H and O–H groups in total. The molecule has 132 valence electrons. The quantitative estimate of drug-likeness (QED) is 0.836. The molecular weight excluding hydrogens is 316 g/mol. The number of carbonyl (C=O) groups is 1. The highest BCUT2D eigenvalue weighted by molar-refractivity contribution is 5.74. The fraction of sp³-hybridized carbons (Fsp3) is 0.556. The molecule has 2 aromatic heterocycles. The van der Waals surface area contributed by atoms with E-state index in [1.165, 1.54) is 5.56 Å². The highest BCUT2D eigenvalue weighted by Gasteiger charge is 2.45. The maximum Gasteiger partial charge on any atom is 0.220 e. The van der Waals surface area contributed by atoms with E-state index >= 15 is 0 Å². The Bertz CT molecular complexity index is 704. The van der Waals surface area contributed by atoms with Crippen molar-refractivity contribution < 1.29 is 4.79 Å². The topological polar surface area (TPSA) is 67.2 Å².